The van der Waals surface area contributed by atoms with Gasteiger partial charge in [0.15, 0.2) is 0 Å². The maximum Gasteiger partial charge on any atom is 0.250 e. The molecule has 3 fully saturated rings. The first-order valence-electron chi connectivity index (χ1n) is 13.7. The minimum absolute atomic E-state index is 0.0801. The lowest BCUT2D eigenvalue weighted by Crippen LogP contribution is -2.54. The molecule has 5 rings (SSSR count). The fourth-order valence-electron chi connectivity index (χ4n) is 6.65. The molecule has 3 heterocycles. The molecule has 3 aliphatic heterocycles. The third-order valence-electron chi connectivity index (χ3n) is 8.44. The Balaban J connectivity index is 1.45. The lowest BCUT2D eigenvalue weighted by molar-refractivity contribution is -0.140. The number of hydrogen-bond donors (Lipinski definition) is 3. The van der Waals surface area contributed by atoms with Crippen molar-refractivity contribution in [2.24, 2.45) is 11.8 Å². The summed E-state index contributed by atoms with van der Waals surface area (Å²) in [5.41, 5.74) is 2.47. The summed E-state index contributed by atoms with van der Waals surface area (Å²) in [5, 5.41) is 15.3. The second-order valence-corrected chi connectivity index (χ2v) is 12.1. The third kappa shape index (κ3) is 5.00. The zero-order valence-corrected chi connectivity index (χ0v) is 23.9. The number of nitrogens with one attached hydrogen (secondary N) is 2. The summed E-state index contributed by atoms with van der Waals surface area (Å²) >= 11 is 3.72. The van der Waals surface area contributed by atoms with Crippen LogP contribution in [-0.4, -0.2) is 63.5 Å². The lowest BCUT2D eigenvalue weighted by atomic mass is 9.70. The maximum absolute atomic E-state index is 14.1. The number of fused-ring (bicyclic) bond motifs is 1. The number of para-hydroxylation sites is 1. The molecule has 2 bridgehead atoms. The summed E-state index contributed by atoms with van der Waals surface area (Å²) in [6.45, 7) is 4.67. The van der Waals surface area contributed by atoms with Crippen LogP contribution in [0.5, 0.6) is 0 Å². The summed E-state index contributed by atoms with van der Waals surface area (Å²) in [5.74, 6) is -2.17. The third-order valence-corrected chi connectivity index (χ3v) is 9.28. The van der Waals surface area contributed by atoms with Crippen molar-refractivity contribution in [3.8, 4) is 0 Å². The average Bonchev–Trinajstić information content (AvgIpc) is 3.51. The number of carbonyl (C=O) groups excluding carboxylic acids is 3. The maximum atomic E-state index is 14.1. The van der Waals surface area contributed by atoms with E-state index in [1.54, 1.807) is 4.90 Å². The minimum Gasteiger partial charge on any atom is -0.396 e. The van der Waals surface area contributed by atoms with Crippen LogP contribution in [0.4, 0.5) is 5.69 Å². The second-order valence-electron chi connectivity index (χ2n) is 10.9. The first kappa shape index (κ1) is 27.8. The van der Waals surface area contributed by atoms with Gasteiger partial charge in [-0.15, -0.1) is 0 Å². The van der Waals surface area contributed by atoms with Crippen LogP contribution < -0.4 is 10.6 Å². The number of unbranched alkanes of at least 4 members (excludes halogenated alkanes) is 2. The molecule has 0 aliphatic carbocycles. The number of amides is 3. The largest absolute Gasteiger partial charge is 0.396 e. The number of ether oxygens (including phenoxy) is 1. The van der Waals surface area contributed by atoms with E-state index in [4.69, 9.17) is 4.74 Å². The molecule has 8 nitrogen and oxygen atoms in total. The van der Waals surface area contributed by atoms with Crippen LogP contribution >= 0.6 is 15.9 Å². The van der Waals surface area contributed by atoms with E-state index in [1.165, 1.54) is 0 Å². The molecule has 9 heteroatoms. The van der Waals surface area contributed by atoms with Gasteiger partial charge in [0.25, 0.3) is 0 Å². The van der Waals surface area contributed by atoms with Crippen molar-refractivity contribution in [3.63, 3.8) is 0 Å². The van der Waals surface area contributed by atoms with E-state index in [0.717, 1.165) is 28.8 Å². The summed E-state index contributed by atoms with van der Waals surface area (Å²) in [4.78, 5) is 43.2. The number of hydrogen-bond acceptors (Lipinski definition) is 5. The Kier molecular flexibility index (Phi) is 8.12. The minimum atomic E-state index is -1.09. The van der Waals surface area contributed by atoms with Gasteiger partial charge in [0.05, 0.1) is 17.9 Å². The van der Waals surface area contributed by atoms with E-state index in [9.17, 15) is 19.5 Å². The molecule has 3 aliphatic rings. The van der Waals surface area contributed by atoms with Gasteiger partial charge in [-0.25, -0.2) is 0 Å². The van der Waals surface area contributed by atoms with E-state index < -0.39 is 29.6 Å². The Labute approximate surface area is 237 Å². The highest BCUT2D eigenvalue weighted by Crippen LogP contribution is 2.60. The topological polar surface area (TPSA) is 108 Å². The zero-order valence-electron chi connectivity index (χ0n) is 22.4. The van der Waals surface area contributed by atoms with Crippen molar-refractivity contribution >= 4 is 39.3 Å². The highest BCUT2D eigenvalue weighted by molar-refractivity contribution is 9.09. The van der Waals surface area contributed by atoms with E-state index >= 15 is 0 Å². The molecule has 0 saturated carbocycles. The van der Waals surface area contributed by atoms with Crippen molar-refractivity contribution in [2.45, 2.75) is 68.6 Å². The van der Waals surface area contributed by atoms with E-state index in [-0.39, 0.29) is 29.2 Å². The fourth-order valence-corrected chi connectivity index (χ4v) is 7.59. The molecular formula is C30H36BrN3O5. The van der Waals surface area contributed by atoms with Gasteiger partial charge >= 0.3 is 0 Å². The van der Waals surface area contributed by atoms with Crippen LogP contribution in [-0.2, 0) is 25.7 Å². The fraction of sp³-hybridized carbons (Fsp3) is 0.500. The number of halogens is 1. The molecule has 2 aromatic carbocycles. The Morgan fingerprint density at radius 1 is 1.05 bits per heavy atom. The number of rotatable bonds is 10. The molecule has 0 radical (unpaired) electrons. The van der Waals surface area contributed by atoms with E-state index in [0.29, 0.717) is 32.4 Å². The number of anilines is 1. The predicted octanol–water partition coefficient (Wildman–Crippen LogP) is 3.47. The molecule has 39 heavy (non-hydrogen) atoms. The van der Waals surface area contributed by atoms with Crippen LogP contribution in [0.25, 0.3) is 0 Å². The molecule has 1 spiro atoms. The Hall–Kier alpha value is -2.75. The molecular weight excluding hydrogens is 562 g/mol. The number of aliphatic hydroxyl groups excluding tert-OH is 1. The second kappa shape index (κ2) is 11.4. The van der Waals surface area contributed by atoms with Crippen molar-refractivity contribution < 1.29 is 24.2 Å². The van der Waals surface area contributed by atoms with Crippen molar-refractivity contribution in [2.75, 3.05) is 18.5 Å². The molecule has 3 N–H and O–H groups in total. The number of carbonyl (C=O) groups is 3. The molecule has 3 saturated heterocycles. The number of nitrogens with zero attached hydrogens (tertiary/aromatic N) is 1. The first-order chi connectivity index (χ1) is 18.8. The van der Waals surface area contributed by atoms with Gasteiger partial charge in [0.2, 0.25) is 17.7 Å². The van der Waals surface area contributed by atoms with E-state index in [1.807, 2.05) is 62.4 Å². The summed E-state index contributed by atoms with van der Waals surface area (Å²) in [6, 6.07) is 14.6. The average molecular weight is 599 g/mol. The van der Waals surface area contributed by atoms with Crippen molar-refractivity contribution in [1.82, 2.24) is 10.2 Å². The van der Waals surface area contributed by atoms with Crippen LogP contribution in [0.3, 0.4) is 0 Å². The molecule has 3 unspecified atom stereocenters. The molecule has 0 aromatic heterocycles. The van der Waals surface area contributed by atoms with Gasteiger partial charge in [-0.1, -0.05) is 64.5 Å². The lowest BCUT2D eigenvalue weighted by Gasteiger charge is -2.34. The van der Waals surface area contributed by atoms with Gasteiger partial charge in [-0.3, -0.25) is 14.4 Å². The SMILES string of the molecule is Cc1cccc(C)c1NC(=O)C1N(CCCCCO)C(=O)[C@@H]2[C@H](C(=O)NCc3ccccc3)[C@H]3OC12CC3Br. The highest BCUT2D eigenvalue weighted by atomic mass is 79.9. The van der Waals surface area contributed by atoms with Crippen LogP contribution in [0.1, 0.15) is 42.4 Å². The van der Waals surface area contributed by atoms with Gasteiger partial charge < -0.3 is 25.4 Å². The molecule has 3 amide bonds. The summed E-state index contributed by atoms with van der Waals surface area (Å²) in [7, 11) is 0. The number of benzene rings is 2. The first-order valence-corrected chi connectivity index (χ1v) is 14.6. The molecule has 208 valence electrons. The zero-order chi connectivity index (χ0) is 27.7. The number of aryl methyl sites for hydroxylation is 2. The Morgan fingerprint density at radius 3 is 2.46 bits per heavy atom. The number of alkyl halides is 1. The molecule has 6 atom stereocenters. The number of aliphatic hydroxyl groups is 1. The van der Waals surface area contributed by atoms with Gasteiger partial charge in [-0.05, 0) is 56.2 Å². The quantitative estimate of drug-likeness (QED) is 0.287. The smallest absolute Gasteiger partial charge is 0.250 e. The van der Waals surface area contributed by atoms with Crippen LogP contribution in [0.15, 0.2) is 48.5 Å². The Morgan fingerprint density at radius 2 is 1.77 bits per heavy atom. The predicted molar refractivity (Wildman–Crippen MR) is 151 cm³/mol. The van der Waals surface area contributed by atoms with Gasteiger partial charge in [-0.2, -0.15) is 0 Å². The number of likely N-dealkylation sites (tertiary alicyclic amines) is 1. The van der Waals surface area contributed by atoms with Crippen LogP contribution in [0.2, 0.25) is 0 Å². The molecule has 2 aromatic rings. The van der Waals surface area contributed by atoms with Gasteiger partial charge in [0.1, 0.15) is 11.6 Å². The Bertz CT molecular complexity index is 1220. The monoisotopic (exact) mass is 597 g/mol. The van der Waals surface area contributed by atoms with E-state index in [2.05, 4.69) is 26.6 Å². The normalized spacial score (nSPS) is 29.0. The van der Waals surface area contributed by atoms with Gasteiger partial charge in [0, 0.05) is 30.2 Å². The van der Waals surface area contributed by atoms with Crippen molar-refractivity contribution in [1.29, 1.82) is 0 Å². The summed E-state index contributed by atoms with van der Waals surface area (Å²) in [6.07, 6.45) is 1.97. The van der Waals surface area contributed by atoms with Crippen LogP contribution in [0, 0.1) is 25.7 Å². The highest BCUT2D eigenvalue weighted by Gasteiger charge is 2.76. The standard InChI is InChI=1S/C30H36BrN3O5/c1-18-10-9-11-19(2)24(18)33-28(37)26-30-16-21(31)25(39-30)22(27(36)32-17-20-12-5-3-6-13-20)23(30)29(38)34(26)14-7-4-8-15-35/h3,5-6,9-13,21-23,25-26,35H,4,7-8,14-17H2,1-2H3,(H,32,36)(H,33,37)/t21?,22-,23-,25-,26?,30?/m0/s1. The van der Waals surface area contributed by atoms with Crippen molar-refractivity contribution in [3.05, 3.63) is 65.2 Å². The summed E-state index contributed by atoms with van der Waals surface area (Å²) < 4.78 is 6.57.